The molecule has 3 heterocycles. The van der Waals surface area contributed by atoms with Gasteiger partial charge in [-0.15, -0.1) is 0 Å². The third-order valence-corrected chi connectivity index (χ3v) is 6.31. The van der Waals surface area contributed by atoms with Gasteiger partial charge < -0.3 is 29.3 Å². The first-order valence-electron chi connectivity index (χ1n) is 11.5. The Morgan fingerprint density at radius 3 is 2.49 bits per heavy atom. The number of ether oxygens (including phenoxy) is 3. The van der Waals surface area contributed by atoms with Gasteiger partial charge in [-0.3, -0.25) is 4.79 Å². The third kappa shape index (κ3) is 4.64. The van der Waals surface area contributed by atoms with Crippen molar-refractivity contribution < 1.29 is 19.0 Å². The maximum atomic E-state index is 12.8. The average Bonchev–Trinajstić information content (AvgIpc) is 3.57. The van der Waals surface area contributed by atoms with Crippen molar-refractivity contribution in [1.82, 2.24) is 25.5 Å². The van der Waals surface area contributed by atoms with Gasteiger partial charge in [-0.25, -0.2) is 0 Å². The van der Waals surface area contributed by atoms with E-state index >= 15 is 0 Å². The van der Waals surface area contributed by atoms with Crippen LogP contribution in [0, 0.1) is 0 Å². The summed E-state index contributed by atoms with van der Waals surface area (Å²) in [4.78, 5) is 16.8. The number of benzene rings is 2. The Bertz CT molecular complexity index is 1180. The van der Waals surface area contributed by atoms with Gasteiger partial charge in [0.15, 0.2) is 0 Å². The van der Waals surface area contributed by atoms with E-state index in [1.54, 1.807) is 4.68 Å². The van der Waals surface area contributed by atoms with Crippen LogP contribution >= 0.6 is 0 Å². The van der Waals surface area contributed by atoms with E-state index in [1.165, 1.54) is 0 Å². The topological polar surface area (TPSA) is 107 Å². The molecule has 2 aliphatic heterocycles. The molecular formula is C24H29N7O4. The molecule has 1 aromatic heterocycles. The normalized spacial score (nSPS) is 23.1. The van der Waals surface area contributed by atoms with Crippen molar-refractivity contribution in [2.45, 2.75) is 24.3 Å². The number of fused-ring (bicyclic) bond motifs is 1. The summed E-state index contributed by atoms with van der Waals surface area (Å²) in [5, 5.41) is 15.0. The second-order valence-electron chi connectivity index (χ2n) is 9.08. The number of amides is 1. The molecule has 11 nitrogen and oxygen atoms in total. The predicted molar refractivity (Wildman–Crippen MR) is 129 cm³/mol. The van der Waals surface area contributed by atoms with E-state index in [9.17, 15) is 4.79 Å². The number of anilines is 2. The number of hydrogen-bond acceptors (Lipinski definition) is 9. The lowest BCUT2D eigenvalue weighted by Crippen LogP contribution is -2.44. The lowest BCUT2D eigenvalue weighted by molar-refractivity contribution is 0.0606. The van der Waals surface area contributed by atoms with Gasteiger partial charge in [-0.1, -0.05) is 11.2 Å². The summed E-state index contributed by atoms with van der Waals surface area (Å²) in [5.41, 5.74) is 2.62. The molecule has 4 atom stereocenters. The third-order valence-electron chi connectivity index (χ3n) is 6.31. The van der Waals surface area contributed by atoms with Crippen LogP contribution in [0.4, 0.5) is 11.4 Å². The number of aromatic nitrogens is 4. The van der Waals surface area contributed by atoms with Crippen molar-refractivity contribution in [3.05, 3.63) is 54.1 Å². The number of tetrazole rings is 1. The van der Waals surface area contributed by atoms with Crippen molar-refractivity contribution in [2.75, 3.05) is 51.2 Å². The van der Waals surface area contributed by atoms with E-state index in [0.29, 0.717) is 24.5 Å². The second kappa shape index (κ2) is 9.51. The summed E-state index contributed by atoms with van der Waals surface area (Å²) < 4.78 is 19.7. The monoisotopic (exact) mass is 479 g/mol. The molecule has 0 radical (unpaired) electrons. The molecule has 5 rings (SSSR count). The molecule has 2 saturated heterocycles. The van der Waals surface area contributed by atoms with Gasteiger partial charge >= 0.3 is 6.01 Å². The van der Waals surface area contributed by atoms with E-state index in [2.05, 4.69) is 20.8 Å². The minimum atomic E-state index is -0.310. The smallest absolute Gasteiger partial charge is 0.341 e. The Morgan fingerprint density at radius 1 is 1.00 bits per heavy atom. The fourth-order valence-corrected chi connectivity index (χ4v) is 4.37. The van der Waals surface area contributed by atoms with Crippen LogP contribution in [-0.2, 0) is 9.47 Å². The molecule has 1 N–H and O–H groups in total. The SMILES string of the molecule is CN(C)c1ccc(C(=O)N[C@H]2CO[C@H]3[C@@H]2OC[C@@H]3n2nnnc2Oc2cccc(N(C)C)c2)cc1. The van der Waals surface area contributed by atoms with Crippen molar-refractivity contribution in [1.29, 1.82) is 0 Å². The van der Waals surface area contributed by atoms with E-state index in [-0.39, 0.29) is 36.2 Å². The van der Waals surface area contributed by atoms with Gasteiger partial charge in [0.05, 0.1) is 19.3 Å². The molecule has 1 amide bonds. The molecule has 0 spiro atoms. The van der Waals surface area contributed by atoms with Gasteiger partial charge in [-0.05, 0) is 46.8 Å². The van der Waals surface area contributed by atoms with Crippen molar-refractivity contribution in [3.8, 4) is 11.8 Å². The number of hydrogen-bond donors (Lipinski definition) is 1. The van der Waals surface area contributed by atoms with E-state index < -0.39 is 0 Å². The predicted octanol–water partition coefficient (Wildman–Crippen LogP) is 1.73. The number of nitrogens with zero attached hydrogens (tertiary/aromatic N) is 6. The van der Waals surface area contributed by atoms with Crippen molar-refractivity contribution in [2.24, 2.45) is 0 Å². The highest BCUT2D eigenvalue weighted by Gasteiger charge is 2.50. The van der Waals surface area contributed by atoms with Crippen LogP contribution < -0.4 is 19.9 Å². The Labute approximate surface area is 203 Å². The van der Waals surface area contributed by atoms with Crippen LogP contribution in [0.5, 0.6) is 11.8 Å². The van der Waals surface area contributed by atoms with Gasteiger partial charge in [-0.2, -0.15) is 4.68 Å². The van der Waals surface area contributed by atoms with Crippen molar-refractivity contribution in [3.63, 3.8) is 0 Å². The highest BCUT2D eigenvalue weighted by molar-refractivity contribution is 5.94. The summed E-state index contributed by atoms with van der Waals surface area (Å²) in [5.74, 6) is 0.462. The number of nitrogens with one attached hydrogen (secondary N) is 1. The molecular weight excluding hydrogens is 450 g/mol. The van der Waals surface area contributed by atoms with Crippen LogP contribution in [0.2, 0.25) is 0 Å². The molecule has 2 fully saturated rings. The zero-order chi connectivity index (χ0) is 24.5. The number of carbonyl (C=O) groups excluding carboxylic acids is 1. The van der Waals surface area contributed by atoms with Crippen LogP contribution in [0.1, 0.15) is 16.4 Å². The van der Waals surface area contributed by atoms with Gasteiger partial charge in [0.2, 0.25) is 0 Å². The quantitative estimate of drug-likeness (QED) is 0.542. The zero-order valence-electron chi connectivity index (χ0n) is 20.2. The Balaban J connectivity index is 1.25. The standard InChI is InChI=1S/C24H29N7O4/c1-29(2)16-10-8-15(9-11-16)23(32)25-19-13-33-22-20(14-34-21(19)22)31-24(26-27-28-31)35-18-7-5-6-17(12-18)30(3)4/h5-12,19-22H,13-14H2,1-4H3,(H,25,32)/t19-,20-,21+,22+/m0/s1. The lowest BCUT2D eigenvalue weighted by Gasteiger charge is -2.18. The summed E-state index contributed by atoms with van der Waals surface area (Å²) in [7, 11) is 7.84. The summed E-state index contributed by atoms with van der Waals surface area (Å²) in [6.45, 7) is 0.689. The zero-order valence-corrected chi connectivity index (χ0v) is 20.2. The van der Waals surface area contributed by atoms with Gasteiger partial charge in [0.25, 0.3) is 5.91 Å². The number of rotatable bonds is 7. The molecule has 0 aliphatic carbocycles. The molecule has 0 unspecified atom stereocenters. The van der Waals surface area contributed by atoms with E-state index in [1.807, 2.05) is 86.5 Å². The molecule has 2 aromatic carbocycles. The first-order chi connectivity index (χ1) is 16.9. The summed E-state index contributed by atoms with van der Waals surface area (Å²) in [6.07, 6.45) is -0.616. The highest BCUT2D eigenvalue weighted by Crippen LogP contribution is 2.36. The fraction of sp³-hybridized carbons (Fsp3) is 0.417. The molecule has 0 bridgehead atoms. The van der Waals surface area contributed by atoms with Crippen LogP contribution in [-0.4, -0.2) is 85.8 Å². The molecule has 11 heteroatoms. The highest BCUT2D eigenvalue weighted by atomic mass is 16.6. The minimum Gasteiger partial charge on any atom is -0.423 e. The van der Waals surface area contributed by atoms with Gasteiger partial charge in [0, 0.05) is 51.2 Å². The van der Waals surface area contributed by atoms with E-state index in [0.717, 1.165) is 11.4 Å². The maximum Gasteiger partial charge on any atom is 0.341 e. The first kappa shape index (κ1) is 23.1. The minimum absolute atomic E-state index is 0.163. The van der Waals surface area contributed by atoms with Crippen LogP contribution in [0.3, 0.4) is 0 Å². The Hall–Kier alpha value is -3.70. The van der Waals surface area contributed by atoms with E-state index in [4.69, 9.17) is 14.2 Å². The molecule has 184 valence electrons. The molecule has 0 saturated carbocycles. The van der Waals surface area contributed by atoms with Gasteiger partial charge in [0.1, 0.15) is 24.0 Å². The van der Waals surface area contributed by atoms with Crippen LogP contribution in [0.15, 0.2) is 48.5 Å². The Morgan fingerprint density at radius 2 is 1.74 bits per heavy atom. The Kier molecular flexibility index (Phi) is 6.27. The van der Waals surface area contributed by atoms with Crippen LogP contribution in [0.25, 0.3) is 0 Å². The fourth-order valence-electron chi connectivity index (χ4n) is 4.37. The first-order valence-corrected chi connectivity index (χ1v) is 11.5. The largest absolute Gasteiger partial charge is 0.423 e. The second-order valence-corrected chi connectivity index (χ2v) is 9.08. The molecule has 35 heavy (non-hydrogen) atoms. The molecule has 2 aliphatic rings. The maximum absolute atomic E-state index is 12.8. The molecule has 3 aromatic rings. The average molecular weight is 480 g/mol. The number of carbonyl (C=O) groups is 1. The summed E-state index contributed by atoms with van der Waals surface area (Å²) in [6, 6.07) is 14.8. The van der Waals surface area contributed by atoms with Crippen molar-refractivity contribution >= 4 is 17.3 Å². The lowest BCUT2D eigenvalue weighted by atomic mass is 10.1. The summed E-state index contributed by atoms with van der Waals surface area (Å²) >= 11 is 0.